The summed E-state index contributed by atoms with van der Waals surface area (Å²) in [6, 6.07) is 6.53. The van der Waals surface area contributed by atoms with Crippen LogP contribution in [0.3, 0.4) is 0 Å². The van der Waals surface area contributed by atoms with Crippen LogP contribution in [0, 0.1) is 18.3 Å². The third kappa shape index (κ3) is 3.66. The number of benzene rings is 1. The van der Waals surface area contributed by atoms with Crippen LogP contribution in [-0.2, 0) is 16.3 Å². The molecule has 1 aromatic carbocycles. The number of rotatable bonds is 5. The van der Waals surface area contributed by atoms with Crippen molar-refractivity contribution < 1.29 is 13.2 Å². The second-order valence-corrected chi connectivity index (χ2v) is 8.08. The third-order valence-corrected chi connectivity index (χ3v) is 5.61. The van der Waals surface area contributed by atoms with Gasteiger partial charge in [0, 0.05) is 22.9 Å². The smallest absolute Gasteiger partial charge is 0.186 e. The van der Waals surface area contributed by atoms with E-state index < -0.39 is 21.5 Å². The van der Waals surface area contributed by atoms with Crippen molar-refractivity contribution in [2.45, 2.75) is 31.1 Å². The average molecular weight is 348 g/mol. The lowest BCUT2D eigenvalue weighted by Gasteiger charge is -2.10. The van der Waals surface area contributed by atoms with Crippen LogP contribution in [0.4, 0.5) is 0 Å². The van der Waals surface area contributed by atoms with E-state index in [1.165, 1.54) is 17.4 Å². The summed E-state index contributed by atoms with van der Waals surface area (Å²) in [5.41, 5.74) is 1.61. The number of aromatic nitrogens is 1. The van der Waals surface area contributed by atoms with Crippen LogP contribution in [0.5, 0.6) is 0 Å². The van der Waals surface area contributed by atoms with Gasteiger partial charge < -0.3 is 0 Å². The molecule has 23 heavy (non-hydrogen) atoms. The topological polar surface area (TPSA) is 87.9 Å². The third-order valence-electron chi connectivity index (χ3n) is 3.41. The Labute approximate surface area is 139 Å². The minimum absolute atomic E-state index is 0.137. The fraction of sp³-hybridized carbons (Fsp3) is 0.312. The van der Waals surface area contributed by atoms with Gasteiger partial charge in [-0.25, -0.2) is 13.4 Å². The second-order valence-electron chi connectivity index (χ2n) is 5.20. The van der Waals surface area contributed by atoms with Crippen LogP contribution < -0.4 is 0 Å². The number of Topliss-reactive ketones (excluding diaryl/α,β-unsaturated/α-hetero) is 1. The molecule has 0 amide bonds. The molecule has 0 aliphatic carbocycles. The van der Waals surface area contributed by atoms with Gasteiger partial charge in [-0.1, -0.05) is 19.1 Å². The number of thiazole rings is 1. The summed E-state index contributed by atoms with van der Waals surface area (Å²) < 4.78 is 23.8. The van der Waals surface area contributed by atoms with Crippen LogP contribution >= 0.6 is 11.3 Å². The number of nitriles is 1. The molecule has 1 atom stereocenters. The second kappa shape index (κ2) is 6.60. The predicted molar refractivity (Wildman–Crippen MR) is 88.5 cm³/mol. The number of carbonyl (C=O) groups is 1. The van der Waals surface area contributed by atoms with Crippen molar-refractivity contribution in [2.75, 3.05) is 6.26 Å². The van der Waals surface area contributed by atoms with Crippen molar-refractivity contribution in [2.24, 2.45) is 0 Å². The molecule has 0 N–H and O–H groups in total. The molecular weight excluding hydrogens is 332 g/mol. The summed E-state index contributed by atoms with van der Waals surface area (Å²) in [6.45, 7) is 3.64. The maximum atomic E-state index is 12.6. The Kier molecular flexibility index (Phi) is 4.97. The molecule has 0 radical (unpaired) electrons. The van der Waals surface area contributed by atoms with Gasteiger partial charge in [-0.2, -0.15) is 5.26 Å². The van der Waals surface area contributed by atoms with E-state index in [-0.39, 0.29) is 10.5 Å². The van der Waals surface area contributed by atoms with Crippen LogP contribution in [0.1, 0.15) is 39.5 Å². The minimum atomic E-state index is -3.44. The van der Waals surface area contributed by atoms with Gasteiger partial charge >= 0.3 is 0 Å². The Morgan fingerprint density at radius 2 is 2.13 bits per heavy atom. The van der Waals surface area contributed by atoms with E-state index in [1.807, 2.05) is 13.0 Å². The lowest BCUT2D eigenvalue weighted by Crippen LogP contribution is -2.13. The monoisotopic (exact) mass is 348 g/mol. The molecule has 0 spiro atoms. The Bertz CT molecular complexity index is 892. The Morgan fingerprint density at radius 3 is 2.61 bits per heavy atom. The molecule has 5 nitrogen and oxygen atoms in total. The van der Waals surface area contributed by atoms with E-state index in [1.54, 1.807) is 24.4 Å². The van der Waals surface area contributed by atoms with Crippen molar-refractivity contribution in [1.29, 1.82) is 5.26 Å². The molecule has 0 saturated heterocycles. The first-order valence-corrected chi connectivity index (χ1v) is 9.73. The maximum Gasteiger partial charge on any atom is 0.186 e. The first kappa shape index (κ1) is 17.3. The molecule has 0 aliphatic rings. The zero-order valence-corrected chi connectivity index (χ0v) is 14.7. The number of nitrogens with zero attached hydrogens (tertiary/aromatic N) is 2. The fourth-order valence-corrected chi connectivity index (χ4v) is 4.11. The quantitative estimate of drug-likeness (QED) is 0.775. The van der Waals surface area contributed by atoms with E-state index >= 15 is 0 Å². The van der Waals surface area contributed by atoms with Gasteiger partial charge in [-0.3, -0.25) is 4.79 Å². The summed E-state index contributed by atoms with van der Waals surface area (Å²) in [4.78, 5) is 16.9. The highest BCUT2D eigenvalue weighted by Crippen LogP contribution is 2.26. The molecule has 7 heteroatoms. The molecule has 1 aromatic heterocycles. The molecule has 0 aliphatic heterocycles. The van der Waals surface area contributed by atoms with Crippen molar-refractivity contribution >= 4 is 27.0 Å². The van der Waals surface area contributed by atoms with Crippen LogP contribution in [0.15, 0.2) is 28.5 Å². The highest BCUT2D eigenvalue weighted by atomic mass is 32.2. The van der Waals surface area contributed by atoms with Crippen LogP contribution in [0.2, 0.25) is 0 Å². The van der Waals surface area contributed by atoms with Crippen molar-refractivity contribution in [3.05, 3.63) is 45.4 Å². The molecule has 0 fully saturated rings. The van der Waals surface area contributed by atoms with E-state index in [4.69, 9.17) is 0 Å². The maximum absolute atomic E-state index is 12.6. The van der Waals surface area contributed by atoms with Gasteiger partial charge in [-0.15, -0.1) is 11.3 Å². The van der Waals surface area contributed by atoms with E-state index in [0.717, 1.165) is 11.9 Å². The van der Waals surface area contributed by atoms with Crippen molar-refractivity contribution in [1.82, 2.24) is 4.98 Å². The zero-order chi connectivity index (χ0) is 17.2. The summed E-state index contributed by atoms with van der Waals surface area (Å²) in [5.74, 6) is -1.46. The Hall–Kier alpha value is -2.04. The van der Waals surface area contributed by atoms with Gasteiger partial charge in [0.05, 0.1) is 11.0 Å². The summed E-state index contributed by atoms with van der Waals surface area (Å²) >= 11 is 1.25. The highest BCUT2D eigenvalue weighted by molar-refractivity contribution is 7.90. The van der Waals surface area contributed by atoms with Crippen LogP contribution in [-0.4, -0.2) is 25.4 Å². The largest absolute Gasteiger partial charge is 0.292 e. The summed E-state index contributed by atoms with van der Waals surface area (Å²) in [5, 5.41) is 11.5. The van der Waals surface area contributed by atoms with Crippen molar-refractivity contribution in [3.8, 4) is 6.07 Å². The summed E-state index contributed by atoms with van der Waals surface area (Å²) in [6.07, 6.45) is 1.66. The average Bonchev–Trinajstić information content (AvgIpc) is 2.92. The van der Waals surface area contributed by atoms with E-state index in [9.17, 15) is 18.5 Å². The SMILES string of the molecule is CCc1ccc(C(=O)[C@@H](C#N)c2nc(C)cs2)cc1S(C)(=O)=O. The molecular formula is C16H16N2O3S2. The standard InChI is InChI=1S/C16H16N2O3S2/c1-4-11-5-6-12(7-14(11)23(3,20)21)15(19)13(8-17)16-18-10(2)9-22-16/h5-7,9,13H,4H2,1-3H3/t13-/m1/s1. The van der Waals surface area contributed by atoms with Gasteiger partial charge in [-0.05, 0) is 25.0 Å². The number of hydrogen-bond acceptors (Lipinski definition) is 6. The molecule has 1 heterocycles. The molecule has 2 rings (SSSR count). The lowest BCUT2D eigenvalue weighted by atomic mass is 9.98. The zero-order valence-electron chi connectivity index (χ0n) is 13.0. The highest BCUT2D eigenvalue weighted by Gasteiger charge is 2.26. The van der Waals surface area contributed by atoms with Gasteiger partial charge in [0.15, 0.2) is 21.5 Å². The molecule has 120 valence electrons. The molecule has 0 unspecified atom stereocenters. The van der Waals surface area contributed by atoms with E-state index in [2.05, 4.69) is 4.98 Å². The van der Waals surface area contributed by atoms with Crippen LogP contribution in [0.25, 0.3) is 0 Å². The Balaban J connectivity index is 2.49. The first-order valence-electron chi connectivity index (χ1n) is 6.96. The minimum Gasteiger partial charge on any atom is -0.292 e. The summed E-state index contributed by atoms with van der Waals surface area (Å²) in [7, 11) is -3.44. The van der Waals surface area contributed by atoms with Gasteiger partial charge in [0.1, 0.15) is 5.01 Å². The molecule has 2 aromatic rings. The number of aryl methyl sites for hydroxylation is 2. The lowest BCUT2D eigenvalue weighted by molar-refractivity contribution is 0.0978. The van der Waals surface area contributed by atoms with Gasteiger partial charge in [0.2, 0.25) is 0 Å². The number of ketones is 1. The predicted octanol–water partition coefficient (Wildman–Crippen LogP) is 2.91. The van der Waals surface area contributed by atoms with Crippen molar-refractivity contribution in [3.63, 3.8) is 0 Å². The fourth-order valence-electron chi connectivity index (χ4n) is 2.24. The van der Waals surface area contributed by atoms with E-state index in [0.29, 0.717) is 17.0 Å². The Morgan fingerprint density at radius 1 is 1.43 bits per heavy atom. The first-order chi connectivity index (χ1) is 10.8. The molecule has 0 bridgehead atoms. The number of carbonyl (C=O) groups excluding carboxylic acids is 1. The molecule has 0 saturated carbocycles. The number of sulfone groups is 1. The van der Waals surface area contributed by atoms with Gasteiger partial charge in [0.25, 0.3) is 0 Å². The number of hydrogen-bond donors (Lipinski definition) is 0. The normalized spacial score (nSPS) is 12.6.